The van der Waals surface area contributed by atoms with Crippen LogP contribution >= 0.6 is 23.4 Å². The van der Waals surface area contributed by atoms with Crippen LogP contribution in [0.3, 0.4) is 0 Å². The predicted octanol–water partition coefficient (Wildman–Crippen LogP) is 2.65. The number of esters is 1. The molecule has 0 bridgehead atoms. The molecule has 3 nitrogen and oxygen atoms in total. The van der Waals surface area contributed by atoms with Crippen LogP contribution in [0.1, 0.15) is 18.5 Å². The van der Waals surface area contributed by atoms with Crippen LogP contribution < -0.4 is 5.32 Å². The Balaban J connectivity index is 2.14. The number of carbonyl (C=O) groups excluding carboxylic acids is 1. The van der Waals surface area contributed by atoms with E-state index in [-0.39, 0.29) is 18.1 Å². The zero-order chi connectivity index (χ0) is 13.1. The lowest BCUT2D eigenvalue weighted by molar-refractivity contribution is -0.142. The van der Waals surface area contributed by atoms with Gasteiger partial charge in [-0.1, -0.05) is 30.7 Å². The van der Waals surface area contributed by atoms with E-state index in [0.29, 0.717) is 5.25 Å². The van der Waals surface area contributed by atoms with E-state index in [0.717, 1.165) is 16.3 Å². The molecule has 1 aromatic rings. The van der Waals surface area contributed by atoms with Crippen molar-refractivity contribution in [2.45, 2.75) is 24.3 Å². The number of hydrogen-bond donors (Lipinski definition) is 1. The molecule has 2 rings (SSSR count). The number of rotatable bonds is 2. The van der Waals surface area contributed by atoms with Gasteiger partial charge >= 0.3 is 5.97 Å². The topological polar surface area (TPSA) is 38.3 Å². The van der Waals surface area contributed by atoms with Gasteiger partial charge in [0, 0.05) is 22.1 Å². The average Bonchev–Trinajstić information content (AvgIpc) is 2.39. The number of hydrogen-bond acceptors (Lipinski definition) is 4. The minimum Gasteiger partial charge on any atom is -0.468 e. The Morgan fingerprint density at radius 2 is 2.11 bits per heavy atom. The fourth-order valence-corrected chi connectivity index (χ4v) is 3.34. The number of benzene rings is 1. The van der Waals surface area contributed by atoms with Crippen molar-refractivity contribution in [2.75, 3.05) is 12.9 Å². The van der Waals surface area contributed by atoms with Crippen molar-refractivity contribution < 1.29 is 9.53 Å². The van der Waals surface area contributed by atoms with Crippen LogP contribution in [0.2, 0.25) is 5.02 Å². The molecule has 1 fully saturated rings. The highest BCUT2D eigenvalue weighted by atomic mass is 35.5. The zero-order valence-electron chi connectivity index (χ0n) is 10.4. The SMILES string of the molecule is COC(=O)C1CSC(C)C(c2ccc(Cl)cc2)N1. The van der Waals surface area contributed by atoms with Crippen molar-refractivity contribution in [3.63, 3.8) is 0 Å². The van der Waals surface area contributed by atoms with Gasteiger partial charge in [0.2, 0.25) is 0 Å². The number of nitrogens with one attached hydrogen (secondary N) is 1. The number of halogens is 1. The Bertz CT molecular complexity index is 424. The summed E-state index contributed by atoms with van der Waals surface area (Å²) in [5.74, 6) is 0.547. The zero-order valence-corrected chi connectivity index (χ0v) is 11.9. The van der Waals surface area contributed by atoms with Gasteiger partial charge in [-0.2, -0.15) is 11.8 Å². The molecular formula is C13H16ClNO2S. The largest absolute Gasteiger partial charge is 0.468 e. The molecule has 0 amide bonds. The monoisotopic (exact) mass is 285 g/mol. The normalized spacial score (nSPS) is 27.8. The first kappa shape index (κ1) is 13.7. The quantitative estimate of drug-likeness (QED) is 0.848. The Kier molecular flexibility index (Phi) is 4.54. The van der Waals surface area contributed by atoms with Crippen LogP contribution in [0.25, 0.3) is 0 Å². The third-order valence-corrected chi connectivity index (χ3v) is 4.67. The molecule has 0 spiro atoms. The number of ether oxygens (including phenoxy) is 1. The molecular weight excluding hydrogens is 270 g/mol. The van der Waals surface area contributed by atoms with Gasteiger partial charge < -0.3 is 4.74 Å². The van der Waals surface area contributed by atoms with Crippen LogP contribution in [0.4, 0.5) is 0 Å². The third kappa shape index (κ3) is 2.99. The fourth-order valence-electron chi connectivity index (χ4n) is 2.06. The van der Waals surface area contributed by atoms with E-state index in [9.17, 15) is 4.79 Å². The Morgan fingerprint density at radius 3 is 2.72 bits per heavy atom. The molecule has 1 N–H and O–H groups in total. The molecule has 98 valence electrons. The van der Waals surface area contributed by atoms with Crippen molar-refractivity contribution >= 4 is 29.3 Å². The first-order chi connectivity index (χ1) is 8.61. The minimum absolute atomic E-state index is 0.144. The van der Waals surface area contributed by atoms with E-state index in [1.807, 2.05) is 24.3 Å². The first-order valence-electron chi connectivity index (χ1n) is 5.82. The third-order valence-electron chi connectivity index (χ3n) is 3.09. The second-order valence-electron chi connectivity index (χ2n) is 4.31. The standard InChI is InChI=1S/C13H16ClNO2S/c1-8-12(9-3-5-10(14)6-4-9)15-11(7-18-8)13(16)17-2/h3-6,8,11-12,15H,7H2,1-2H3. The van der Waals surface area contributed by atoms with E-state index in [4.69, 9.17) is 16.3 Å². The lowest BCUT2D eigenvalue weighted by Gasteiger charge is -2.34. The summed E-state index contributed by atoms with van der Waals surface area (Å²) in [5.41, 5.74) is 1.15. The second kappa shape index (κ2) is 5.95. The molecule has 1 saturated heterocycles. The fraction of sp³-hybridized carbons (Fsp3) is 0.462. The first-order valence-corrected chi connectivity index (χ1v) is 7.25. The maximum atomic E-state index is 11.6. The summed E-state index contributed by atoms with van der Waals surface area (Å²) in [5, 5.41) is 4.48. The Hall–Kier alpha value is -0.710. The highest BCUT2D eigenvalue weighted by molar-refractivity contribution is 8.00. The molecule has 1 aliphatic rings. The molecule has 5 heteroatoms. The molecule has 3 unspecified atom stereocenters. The number of methoxy groups -OCH3 is 1. The maximum Gasteiger partial charge on any atom is 0.323 e. The highest BCUT2D eigenvalue weighted by Crippen LogP contribution is 2.32. The van der Waals surface area contributed by atoms with Crippen molar-refractivity contribution in [3.05, 3.63) is 34.9 Å². The highest BCUT2D eigenvalue weighted by Gasteiger charge is 2.32. The average molecular weight is 286 g/mol. The molecule has 0 radical (unpaired) electrons. The van der Waals surface area contributed by atoms with Gasteiger partial charge in [0.1, 0.15) is 6.04 Å². The predicted molar refractivity (Wildman–Crippen MR) is 75.1 cm³/mol. The van der Waals surface area contributed by atoms with Crippen LogP contribution in [-0.2, 0) is 9.53 Å². The summed E-state index contributed by atoms with van der Waals surface area (Å²) in [6.45, 7) is 2.16. The molecule has 1 heterocycles. The van der Waals surface area contributed by atoms with E-state index >= 15 is 0 Å². The summed E-state index contributed by atoms with van der Waals surface area (Å²) in [7, 11) is 1.42. The smallest absolute Gasteiger partial charge is 0.323 e. The lowest BCUT2D eigenvalue weighted by Crippen LogP contribution is -2.48. The van der Waals surface area contributed by atoms with Crippen LogP contribution in [-0.4, -0.2) is 30.1 Å². The van der Waals surface area contributed by atoms with Gasteiger partial charge in [0.05, 0.1) is 7.11 Å². The van der Waals surface area contributed by atoms with E-state index < -0.39 is 0 Å². The summed E-state index contributed by atoms with van der Waals surface area (Å²) in [4.78, 5) is 11.6. The van der Waals surface area contributed by atoms with E-state index in [1.54, 1.807) is 11.8 Å². The second-order valence-corrected chi connectivity index (χ2v) is 6.16. The maximum absolute atomic E-state index is 11.6. The lowest BCUT2D eigenvalue weighted by atomic mass is 10.0. The van der Waals surface area contributed by atoms with Gasteiger partial charge in [-0.15, -0.1) is 0 Å². The molecule has 1 aromatic carbocycles. The molecule has 0 saturated carbocycles. The van der Waals surface area contributed by atoms with Crippen molar-refractivity contribution in [2.24, 2.45) is 0 Å². The summed E-state index contributed by atoms with van der Waals surface area (Å²) in [6, 6.07) is 7.64. The van der Waals surface area contributed by atoms with Crippen molar-refractivity contribution in [1.29, 1.82) is 0 Å². The van der Waals surface area contributed by atoms with Gasteiger partial charge in [0.25, 0.3) is 0 Å². The Morgan fingerprint density at radius 1 is 1.44 bits per heavy atom. The molecule has 18 heavy (non-hydrogen) atoms. The van der Waals surface area contributed by atoms with E-state index in [1.165, 1.54) is 7.11 Å². The van der Waals surface area contributed by atoms with Crippen molar-refractivity contribution in [3.8, 4) is 0 Å². The van der Waals surface area contributed by atoms with Crippen molar-refractivity contribution in [1.82, 2.24) is 5.32 Å². The number of thioether (sulfide) groups is 1. The number of carbonyl (C=O) groups is 1. The van der Waals surface area contributed by atoms with Gasteiger partial charge in [-0.3, -0.25) is 10.1 Å². The van der Waals surface area contributed by atoms with Crippen LogP contribution in [0.5, 0.6) is 0 Å². The van der Waals surface area contributed by atoms with Gasteiger partial charge in [0.15, 0.2) is 0 Å². The van der Waals surface area contributed by atoms with E-state index in [2.05, 4.69) is 12.2 Å². The molecule has 0 aromatic heterocycles. The molecule has 3 atom stereocenters. The van der Waals surface area contributed by atoms with Gasteiger partial charge in [-0.25, -0.2) is 0 Å². The summed E-state index contributed by atoms with van der Waals surface area (Å²) < 4.78 is 4.79. The van der Waals surface area contributed by atoms with Crippen LogP contribution in [0, 0.1) is 0 Å². The molecule has 1 aliphatic heterocycles. The summed E-state index contributed by atoms with van der Waals surface area (Å²) in [6.07, 6.45) is 0. The Labute approximate surface area is 116 Å². The van der Waals surface area contributed by atoms with Crippen LogP contribution in [0.15, 0.2) is 24.3 Å². The molecule has 0 aliphatic carbocycles. The van der Waals surface area contributed by atoms with Gasteiger partial charge in [-0.05, 0) is 17.7 Å². The minimum atomic E-state index is -0.239. The summed E-state index contributed by atoms with van der Waals surface area (Å²) >= 11 is 7.67.